The monoisotopic (exact) mass is 369 g/mol. The first-order chi connectivity index (χ1) is 13.0. The zero-order valence-corrected chi connectivity index (χ0v) is 14.6. The van der Waals surface area contributed by atoms with Gasteiger partial charge in [0.05, 0.1) is 0 Å². The molecule has 0 saturated carbocycles. The molecular formula is C19H17F2N5O. The summed E-state index contributed by atoms with van der Waals surface area (Å²) in [5.41, 5.74) is 0.898. The minimum absolute atomic E-state index is 0.134. The average Bonchev–Trinajstić information content (AvgIpc) is 2.70. The van der Waals surface area contributed by atoms with Crippen molar-refractivity contribution >= 4 is 17.4 Å². The molecule has 6 nitrogen and oxygen atoms in total. The molecule has 1 aromatic carbocycles. The van der Waals surface area contributed by atoms with Crippen LogP contribution < -0.4 is 5.32 Å². The van der Waals surface area contributed by atoms with Crippen molar-refractivity contribution in [3.05, 3.63) is 77.8 Å². The fourth-order valence-electron chi connectivity index (χ4n) is 2.40. The molecule has 0 bridgehead atoms. The number of benzene rings is 1. The van der Waals surface area contributed by atoms with Gasteiger partial charge in [0, 0.05) is 26.0 Å². The van der Waals surface area contributed by atoms with Crippen molar-refractivity contribution in [2.75, 3.05) is 18.9 Å². The number of rotatable bonds is 6. The third-order valence-electron chi connectivity index (χ3n) is 3.93. The molecule has 0 atom stereocenters. The van der Waals surface area contributed by atoms with Crippen LogP contribution in [0.3, 0.4) is 0 Å². The van der Waals surface area contributed by atoms with Crippen LogP contribution in [0.4, 0.5) is 20.3 Å². The lowest BCUT2D eigenvalue weighted by Crippen LogP contribution is -2.29. The number of carbonyl (C=O) groups is 1. The Bertz CT molecular complexity index is 899. The van der Waals surface area contributed by atoms with Gasteiger partial charge in [-0.25, -0.2) is 8.78 Å². The van der Waals surface area contributed by atoms with E-state index in [1.807, 2.05) is 12.1 Å². The van der Waals surface area contributed by atoms with Crippen molar-refractivity contribution in [2.45, 2.75) is 6.42 Å². The van der Waals surface area contributed by atoms with Crippen molar-refractivity contribution in [3.8, 4) is 0 Å². The number of hydrogen-bond donors (Lipinski definition) is 1. The molecule has 8 heteroatoms. The van der Waals surface area contributed by atoms with E-state index in [9.17, 15) is 13.6 Å². The zero-order chi connectivity index (χ0) is 19.2. The number of likely N-dealkylation sites (N-methyl/N-ethyl adjacent to an activating group) is 1. The largest absolute Gasteiger partial charge is 0.340 e. The summed E-state index contributed by atoms with van der Waals surface area (Å²) in [6.07, 6.45) is 4.09. The summed E-state index contributed by atoms with van der Waals surface area (Å²) in [4.78, 5) is 17.9. The van der Waals surface area contributed by atoms with Gasteiger partial charge in [-0.05, 0) is 48.4 Å². The first kappa shape index (κ1) is 18.4. The first-order valence-corrected chi connectivity index (χ1v) is 8.24. The van der Waals surface area contributed by atoms with Gasteiger partial charge in [-0.1, -0.05) is 6.07 Å². The molecule has 0 saturated heterocycles. The quantitative estimate of drug-likeness (QED) is 0.722. The number of nitrogens with zero attached hydrogens (tertiary/aromatic N) is 4. The minimum atomic E-state index is -0.743. The molecule has 0 aliphatic heterocycles. The van der Waals surface area contributed by atoms with Crippen LogP contribution in [-0.4, -0.2) is 39.6 Å². The van der Waals surface area contributed by atoms with E-state index in [1.165, 1.54) is 23.1 Å². The fraction of sp³-hybridized carbons (Fsp3) is 0.158. The van der Waals surface area contributed by atoms with Crippen molar-refractivity contribution in [1.29, 1.82) is 0 Å². The van der Waals surface area contributed by atoms with Gasteiger partial charge in [-0.3, -0.25) is 9.78 Å². The summed E-state index contributed by atoms with van der Waals surface area (Å²) >= 11 is 0. The molecule has 0 spiro atoms. The van der Waals surface area contributed by atoms with Crippen molar-refractivity contribution in [1.82, 2.24) is 20.1 Å². The van der Waals surface area contributed by atoms with Crippen LogP contribution in [0.15, 0.2) is 54.9 Å². The van der Waals surface area contributed by atoms with E-state index in [4.69, 9.17) is 0 Å². The van der Waals surface area contributed by atoms with E-state index in [1.54, 1.807) is 19.4 Å². The molecule has 3 rings (SSSR count). The second-order valence-electron chi connectivity index (χ2n) is 5.86. The third-order valence-corrected chi connectivity index (χ3v) is 3.93. The lowest BCUT2D eigenvalue weighted by atomic mass is 10.2. The maximum absolute atomic E-state index is 13.7. The van der Waals surface area contributed by atoms with Gasteiger partial charge in [-0.15, -0.1) is 10.2 Å². The predicted octanol–water partition coefficient (Wildman–Crippen LogP) is 3.21. The van der Waals surface area contributed by atoms with E-state index >= 15 is 0 Å². The highest BCUT2D eigenvalue weighted by Gasteiger charge is 2.15. The number of amides is 1. The second-order valence-corrected chi connectivity index (χ2v) is 5.86. The standard InChI is InChI=1S/C19H17F2N5O/c1-26(12-9-13-7-10-22-11-8-13)19(27)16-5-6-17(25-24-16)23-18-14(20)3-2-4-15(18)21/h2-8,10-11H,9,12H2,1H3,(H,23,25). The summed E-state index contributed by atoms with van der Waals surface area (Å²) in [6, 6.07) is 10.2. The topological polar surface area (TPSA) is 71.0 Å². The fourth-order valence-corrected chi connectivity index (χ4v) is 2.40. The maximum Gasteiger partial charge on any atom is 0.274 e. The third kappa shape index (κ3) is 4.60. The van der Waals surface area contributed by atoms with Crippen molar-refractivity contribution in [2.24, 2.45) is 0 Å². The Balaban J connectivity index is 1.63. The van der Waals surface area contributed by atoms with Gasteiger partial charge in [0.15, 0.2) is 11.5 Å². The molecule has 0 radical (unpaired) electrons. The van der Waals surface area contributed by atoms with Crippen molar-refractivity contribution < 1.29 is 13.6 Å². The summed E-state index contributed by atoms with van der Waals surface area (Å²) in [7, 11) is 1.67. The highest BCUT2D eigenvalue weighted by atomic mass is 19.1. The predicted molar refractivity (Wildman–Crippen MR) is 96.6 cm³/mol. The van der Waals surface area contributed by atoms with Crippen LogP contribution in [0, 0.1) is 11.6 Å². The van der Waals surface area contributed by atoms with Crippen LogP contribution in [0.5, 0.6) is 0 Å². The number of pyridine rings is 1. The lowest BCUT2D eigenvalue weighted by Gasteiger charge is -2.16. The summed E-state index contributed by atoms with van der Waals surface area (Å²) < 4.78 is 27.3. The molecule has 27 heavy (non-hydrogen) atoms. The number of para-hydroxylation sites is 1. The van der Waals surface area contributed by atoms with Gasteiger partial charge < -0.3 is 10.2 Å². The Morgan fingerprint density at radius 2 is 1.74 bits per heavy atom. The number of aromatic nitrogens is 3. The van der Waals surface area contributed by atoms with E-state index in [-0.39, 0.29) is 23.1 Å². The molecule has 0 aliphatic carbocycles. The summed E-state index contributed by atoms with van der Waals surface area (Å²) in [6.45, 7) is 0.505. The minimum Gasteiger partial charge on any atom is -0.340 e. The summed E-state index contributed by atoms with van der Waals surface area (Å²) in [5.74, 6) is -1.64. The van der Waals surface area contributed by atoms with Crippen molar-refractivity contribution in [3.63, 3.8) is 0 Å². The van der Waals surface area contributed by atoms with E-state index < -0.39 is 11.6 Å². The van der Waals surface area contributed by atoms with Crippen LogP contribution >= 0.6 is 0 Å². The Morgan fingerprint density at radius 3 is 2.37 bits per heavy atom. The number of nitrogens with one attached hydrogen (secondary N) is 1. The molecule has 0 unspecified atom stereocenters. The van der Waals surface area contributed by atoms with Crippen LogP contribution in [0.25, 0.3) is 0 Å². The molecule has 0 aliphatic rings. The van der Waals surface area contributed by atoms with Crippen LogP contribution in [0.2, 0.25) is 0 Å². The highest BCUT2D eigenvalue weighted by Crippen LogP contribution is 2.21. The van der Waals surface area contributed by atoms with E-state index in [0.29, 0.717) is 13.0 Å². The zero-order valence-electron chi connectivity index (χ0n) is 14.6. The average molecular weight is 369 g/mol. The second kappa shape index (κ2) is 8.31. The molecule has 138 valence electrons. The lowest BCUT2D eigenvalue weighted by molar-refractivity contribution is 0.0789. The molecule has 2 aromatic heterocycles. The molecule has 1 amide bonds. The van der Waals surface area contributed by atoms with Gasteiger partial charge in [0.25, 0.3) is 5.91 Å². The van der Waals surface area contributed by atoms with Gasteiger partial charge in [-0.2, -0.15) is 0 Å². The molecular weight excluding hydrogens is 352 g/mol. The number of halogens is 2. The Labute approximate surface area is 154 Å². The number of anilines is 2. The SMILES string of the molecule is CN(CCc1ccncc1)C(=O)c1ccc(Nc2c(F)cccc2F)nn1. The van der Waals surface area contributed by atoms with Gasteiger partial charge in [0.1, 0.15) is 17.3 Å². The van der Waals surface area contributed by atoms with Crippen LogP contribution in [0.1, 0.15) is 16.1 Å². The normalized spacial score (nSPS) is 10.5. The number of hydrogen-bond acceptors (Lipinski definition) is 5. The maximum atomic E-state index is 13.7. The Kier molecular flexibility index (Phi) is 5.65. The van der Waals surface area contributed by atoms with Gasteiger partial charge in [0.2, 0.25) is 0 Å². The van der Waals surface area contributed by atoms with E-state index in [2.05, 4.69) is 20.5 Å². The Hall–Kier alpha value is -3.42. The smallest absolute Gasteiger partial charge is 0.274 e. The Morgan fingerprint density at radius 1 is 1.04 bits per heavy atom. The summed E-state index contributed by atoms with van der Waals surface area (Å²) in [5, 5.41) is 10.2. The molecule has 3 aromatic rings. The number of carbonyl (C=O) groups excluding carboxylic acids is 1. The molecule has 0 fully saturated rings. The van der Waals surface area contributed by atoms with E-state index in [0.717, 1.165) is 17.7 Å². The molecule has 1 N–H and O–H groups in total. The van der Waals surface area contributed by atoms with Gasteiger partial charge >= 0.3 is 0 Å². The highest BCUT2D eigenvalue weighted by molar-refractivity contribution is 5.92. The first-order valence-electron chi connectivity index (χ1n) is 8.24. The van der Waals surface area contributed by atoms with Crippen LogP contribution in [-0.2, 0) is 6.42 Å². The molecule has 2 heterocycles.